The second kappa shape index (κ2) is 4.36. The lowest BCUT2D eigenvalue weighted by atomic mass is 10.0. The topological polar surface area (TPSA) is 40.5 Å². The molecule has 0 aromatic rings. The summed E-state index contributed by atoms with van der Waals surface area (Å²) in [6.45, 7) is 0.866. The SMILES string of the molecule is CC(O)CC(O)C(F)(F)C(F)(F)C(F)(F)F. The highest BCUT2D eigenvalue weighted by Crippen LogP contribution is 2.48. The zero-order valence-corrected chi connectivity index (χ0v) is 7.90. The molecule has 0 spiro atoms. The number of halogens is 7. The molecule has 0 bridgehead atoms. The minimum atomic E-state index is -6.48. The summed E-state index contributed by atoms with van der Waals surface area (Å²) in [5.41, 5.74) is 0. The summed E-state index contributed by atoms with van der Waals surface area (Å²) in [6.07, 6.45) is -12.7. The second-order valence-corrected chi connectivity index (χ2v) is 3.30. The molecule has 0 amide bonds. The Balaban J connectivity index is 5.03. The van der Waals surface area contributed by atoms with E-state index in [4.69, 9.17) is 10.2 Å². The first-order chi connectivity index (χ1) is 6.84. The fraction of sp³-hybridized carbons (Fsp3) is 1.00. The molecule has 0 heterocycles. The summed E-state index contributed by atoms with van der Waals surface area (Å²) < 4.78 is 84.7. The zero-order valence-electron chi connectivity index (χ0n) is 7.90. The fourth-order valence-electron chi connectivity index (χ4n) is 0.869. The summed E-state index contributed by atoms with van der Waals surface area (Å²) in [4.78, 5) is 0. The second-order valence-electron chi connectivity index (χ2n) is 3.30. The number of hydrogen-bond acceptors (Lipinski definition) is 2. The lowest BCUT2D eigenvalue weighted by Crippen LogP contribution is -2.58. The van der Waals surface area contributed by atoms with Gasteiger partial charge in [-0.2, -0.15) is 30.7 Å². The van der Waals surface area contributed by atoms with Gasteiger partial charge in [-0.3, -0.25) is 0 Å². The molecule has 0 rings (SSSR count). The van der Waals surface area contributed by atoms with E-state index in [-0.39, 0.29) is 0 Å². The molecule has 2 atom stereocenters. The lowest BCUT2D eigenvalue weighted by molar-refractivity contribution is -0.372. The Bertz CT molecular complexity index is 235. The van der Waals surface area contributed by atoms with Gasteiger partial charge < -0.3 is 10.2 Å². The molecule has 98 valence electrons. The highest BCUT2D eigenvalue weighted by molar-refractivity contribution is 4.96. The van der Waals surface area contributed by atoms with E-state index in [1.54, 1.807) is 0 Å². The van der Waals surface area contributed by atoms with E-state index < -0.39 is 36.7 Å². The number of rotatable bonds is 4. The first-order valence-electron chi connectivity index (χ1n) is 4.02. The normalized spacial score (nSPS) is 18.4. The standard InChI is InChI=1S/C7H9F7O2/c1-3(15)2-4(16)5(8,9)6(10,11)7(12,13)14/h3-4,15-16H,2H2,1H3. The minimum absolute atomic E-state index is 0.866. The van der Waals surface area contributed by atoms with Crippen molar-refractivity contribution < 1.29 is 40.9 Å². The van der Waals surface area contributed by atoms with Crippen molar-refractivity contribution in [2.24, 2.45) is 0 Å². The Morgan fingerprint density at radius 2 is 1.31 bits per heavy atom. The molecule has 9 heteroatoms. The summed E-state index contributed by atoms with van der Waals surface area (Å²) in [5, 5.41) is 17.1. The Hall–Kier alpha value is -0.570. The maximum absolute atomic E-state index is 12.6. The van der Waals surface area contributed by atoms with Crippen molar-refractivity contribution in [3.05, 3.63) is 0 Å². The van der Waals surface area contributed by atoms with Gasteiger partial charge in [-0.05, 0) is 6.92 Å². The van der Waals surface area contributed by atoms with Crippen LogP contribution in [0.25, 0.3) is 0 Å². The largest absolute Gasteiger partial charge is 0.459 e. The van der Waals surface area contributed by atoms with Crippen LogP contribution in [0.3, 0.4) is 0 Å². The van der Waals surface area contributed by atoms with Gasteiger partial charge in [-0.1, -0.05) is 0 Å². The Morgan fingerprint density at radius 3 is 1.56 bits per heavy atom. The Labute approximate surface area is 85.7 Å². The van der Waals surface area contributed by atoms with Gasteiger partial charge in [-0.15, -0.1) is 0 Å². The molecule has 0 radical (unpaired) electrons. The van der Waals surface area contributed by atoms with Crippen LogP contribution in [0.4, 0.5) is 30.7 Å². The van der Waals surface area contributed by atoms with Crippen LogP contribution >= 0.6 is 0 Å². The first-order valence-corrected chi connectivity index (χ1v) is 4.02. The monoisotopic (exact) mass is 258 g/mol. The van der Waals surface area contributed by atoms with Crippen LogP contribution in [-0.4, -0.2) is 40.4 Å². The average molecular weight is 258 g/mol. The van der Waals surface area contributed by atoms with Gasteiger partial charge in [-0.25, -0.2) is 0 Å². The smallest absolute Gasteiger partial charge is 0.393 e. The van der Waals surface area contributed by atoms with Gasteiger partial charge in [0.05, 0.1) is 6.10 Å². The maximum Gasteiger partial charge on any atom is 0.459 e. The molecule has 16 heavy (non-hydrogen) atoms. The summed E-state index contributed by atoms with van der Waals surface area (Å²) in [5.74, 6) is -12.0. The van der Waals surface area contributed by atoms with Crippen LogP contribution in [0.15, 0.2) is 0 Å². The minimum Gasteiger partial charge on any atom is -0.393 e. The van der Waals surface area contributed by atoms with E-state index in [1.165, 1.54) is 0 Å². The van der Waals surface area contributed by atoms with E-state index >= 15 is 0 Å². The average Bonchev–Trinajstić information content (AvgIpc) is 2.00. The van der Waals surface area contributed by atoms with E-state index in [9.17, 15) is 30.7 Å². The van der Waals surface area contributed by atoms with E-state index in [1.807, 2.05) is 0 Å². The first kappa shape index (κ1) is 15.4. The predicted octanol–water partition coefficient (Wildman–Crippen LogP) is 1.95. The quantitative estimate of drug-likeness (QED) is 0.757. The molecule has 0 fully saturated rings. The third-order valence-corrected chi connectivity index (χ3v) is 1.76. The molecule has 0 aromatic heterocycles. The van der Waals surface area contributed by atoms with Crippen LogP contribution in [0, 0.1) is 0 Å². The molecule has 0 aliphatic rings. The van der Waals surface area contributed by atoms with Crippen molar-refractivity contribution in [3.8, 4) is 0 Å². The highest BCUT2D eigenvalue weighted by Gasteiger charge is 2.75. The van der Waals surface area contributed by atoms with Gasteiger partial charge in [0.1, 0.15) is 6.10 Å². The molecule has 2 N–H and O–H groups in total. The third-order valence-electron chi connectivity index (χ3n) is 1.76. The highest BCUT2D eigenvalue weighted by atomic mass is 19.4. The molecule has 0 saturated heterocycles. The van der Waals surface area contributed by atoms with Gasteiger partial charge in [0.25, 0.3) is 0 Å². The molecule has 0 aromatic carbocycles. The van der Waals surface area contributed by atoms with Gasteiger partial charge in [0, 0.05) is 6.42 Å². The van der Waals surface area contributed by atoms with E-state index in [0.29, 0.717) is 0 Å². The molecule has 2 nitrogen and oxygen atoms in total. The van der Waals surface area contributed by atoms with E-state index in [2.05, 4.69) is 0 Å². The lowest BCUT2D eigenvalue weighted by Gasteiger charge is -2.31. The number of hydrogen-bond donors (Lipinski definition) is 2. The maximum atomic E-state index is 12.6. The van der Waals surface area contributed by atoms with Crippen LogP contribution in [0.2, 0.25) is 0 Å². The van der Waals surface area contributed by atoms with Gasteiger partial charge >= 0.3 is 18.0 Å². The Morgan fingerprint density at radius 1 is 0.938 bits per heavy atom. The van der Waals surface area contributed by atoms with Crippen LogP contribution in [0.5, 0.6) is 0 Å². The van der Waals surface area contributed by atoms with E-state index in [0.717, 1.165) is 6.92 Å². The summed E-state index contributed by atoms with van der Waals surface area (Å²) >= 11 is 0. The van der Waals surface area contributed by atoms with Crippen molar-refractivity contribution in [2.45, 2.75) is 43.6 Å². The predicted molar refractivity (Wildman–Crippen MR) is 38.3 cm³/mol. The molecule has 2 unspecified atom stereocenters. The molecule has 0 aliphatic carbocycles. The van der Waals surface area contributed by atoms with Crippen molar-refractivity contribution in [1.82, 2.24) is 0 Å². The van der Waals surface area contributed by atoms with Crippen molar-refractivity contribution in [3.63, 3.8) is 0 Å². The Kier molecular flexibility index (Phi) is 4.21. The zero-order chi connectivity index (χ0) is 13.4. The molecular weight excluding hydrogens is 249 g/mol. The van der Waals surface area contributed by atoms with Crippen molar-refractivity contribution >= 4 is 0 Å². The summed E-state index contributed by atoms with van der Waals surface area (Å²) in [6, 6.07) is 0. The van der Waals surface area contributed by atoms with Crippen LogP contribution in [0.1, 0.15) is 13.3 Å². The van der Waals surface area contributed by atoms with Crippen molar-refractivity contribution in [2.75, 3.05) is 0 Å². The number of aliphatic hydroxyl groups is 2. The van der Waals surface area contributed by atoms with Gasteiger partial charge in [0.2, 0.25) is 0 Å². The van der Waals surface area contributed by atoms with Gasteiger partial charge in [0.15, 0.2) is 0 Å². The van der Waals surface area contributed by atoms with Crippen LogP contribution < -0.4 is 0 Å². The third kappa shape index (κ3) is 2.76. The molecule has 0 saturated carbocycles. The fourth-order valence-corrected chi connectivity index (χ4v) is 0.869. The van der Waals surface area contributed by atoms with Crippen LogP contribution in [-0.2, 0) is 0 Å². The molecular formula is C7H9F7O2. The summed E-state index contributed by atoms with van der Waals surface area (Å²) in [7, 11) is 0. The number of alkyl halides is 7. The number of aliphatic hydroxyl groups excluding tert-OH is 2. The molecule has 0 aliphatic heterocycles. The van der Waals surface area contributed by atoms with Crippen molar-refractivity contribution in [1.29, 1.82) is 0 Å².